The van der Waals surface area contributed by atoms with E-state index in [0.29, 0.717) is 0 Å². The smallest absolute Gasteiger partial charge is 0.138 e. The zero-order valence-corrected chi connectivity index (χ0v) is 11.6. The summed E-state index contributed by atoms with van der Waals surface area (Å²) in [6.07, 6.45) is 5.52. The summed E-state index contributed by atoms with van der Waals surface area (Å²) in [5.74, 6) is 6.59. The molecular formula is C12H25N5O. The van der Waals surface area contributed by atoms with Gasteiger partial charge < -0.3 is 4.74 Å². The summed E-state index contributed by atoms with van der Waals surface area (Å²) in [6.45, 7) is 5.15. The Hall–Kier alpha value is -0.980. The first-order chi connectivity index (χ1) is 8.76. The van der Waals surface area contributed by atoms with Crippen LogP contribution in [0.15, 0.2) is 6.33 Å². The zero-order valence-electron chi connectivity index (χ0n) is 11.6. The molecule has 6 heteroatoms. The predicted octanol–water partition coefficient (Wildman–Crippen LogP) is 0.878. The highest BCUT2D eigenvalue weighted by Crippen LogP contribution is 2.10. The number of aryl methyl sites for hydroxylation is 1. The van der Waals surface area contributed by atoms with Crippen LogP contribution in [0.5, 0.6) is 0 Å². The quantitative estimate of drug-likeness (QED) is 0.506. The van der Waals surface area contributed by atoms with Gasteiger partial charge in [-0.3, -0.25) is 16.0 Å². The van der Waals surface area contributed by atoms with Crippen LogP contribution >= 0.6 is 0 Å². The molecule has 1 aromatic rings. The van der Waals surface area contributed by atoms with Crippen LogP contribution in [0.4, 0.5) is 0 Å². The summed E-state index contributed by atoms with van der Waals surface area (Å²) in [5, 5.41) is 4.22. The minimum absolute atomic E-state index is 0.0646. The first-order valence-corrected chi connectivity index (χ1v) is 6.62. The van der Waals surface area contributed by atoms with Crippen molar-refractivity contribution in [1.29, 1.82) is 0 Å². The molecule has 2 atom stereocenters. The summed E-state index contributed by atoms with van der Waals surface area (Å²) in [6, 6.07) is 0.0646. The largest absolute Gasteiger partial charge is 0.380 e. The number of aromatic nitrogens is 3. The van der Waals surface area contributed by atoms with Crippen LogP contribution in [-0.4, -0.2) is 34.0 Å². The van der Waals surface area contributed by atoms with Crippen LogP contribution in [0.3, 0.4) is 0 Å². The Morgan fingerprint density at radius 1 is 1.44 bits per heavy atom. The predicted molar refractivity (Wildman–Crippen MR) is 70.8 cm³/mol. The van der Waals surface area contributed by atoms with Crippen LogP contribution in [0.25, 0.3) is 0 Å². The Balaban J connectivity index is 2.68. The number of nitrogens with one attached hydrogen (secondary N) is 1. The Morgan fingerprint density at radius 2 is 2.22 bits per heavy atom. The molecule has 0 fully saturated rings. The van der Waals surface area contributed by atoms with Crippen molar-refractivity contribution in [3.8, 4) is 0 Å². The minimum Gasteiger partial charge on any atom is -0.380 e. The molecule has 0 aliphatic rings. The van der Waals surface area contributed by atoms with Gasteiger partial charge in [0.15, 0.2) is 0 Å². The van der Waals surface area contributed by atoms with Gasteiger partial charge in [-0.05, 0) is 12.8 Å². The Morgan fingerprint density at radius 3 is 2.78 bits per heavy atom. The lowest BCUT2D eigenvalue weighted by atomic mass is 10.0. The van der Waals surface area contributed by atoms with E-state index in [1.807, 2.05) is 4.68 Å². The van der Waals surface area contributed by atoms with E-state index in [4.69, 9.17) is 10.6 Å². The van der Waals surface area contributed by atoms with Gasteiger partial charge in [-0.25, -0.2) is 4.98 Å². The summed E-state index contributed by atoms with van der Waals surface area (Å²) in [4.78, 5) is 4.30. The summed E-state index contributed by atoms with van der Waals surface area (Å²) in [5.41, 5.74) is 2.84. The second kappa shape index (κ2) is 8.18. The average molecular weight is 255 g/mol. The van der Waals surface area contributed by atoms with Crippen molar-refractivity contribution in [2.75, 3.05) is 7.11 Å². The average Bonchev–Trinajstić information content (AvgIpc) is 2.81. The second-order valence-corrected chi connectivity index (χ2v) is 4.44. The van der Waals surface area contributed by atoms with Crippen molar-refractivity contribution in [1.82, 2.24) is 20.2 Å². The van der Waals surface area contributed by atoms with E-state index in [0.717, 1.165) is 38.1 Å². The molecule has 6 nitrogen and oxygen atoms in total. The molecule has 1 aromatic heterocycles. The first-order valence-electron chi connectivity index (χ1n) is 6.62. The van der Waals surface area contributed by atoms with Crippen molar-refractivity contribution in [3.63, 3.8) is 0 Å². The van der Waals surface area contributed by atoms with Gasteiger partial charge in [-0.15, -0.1) is 0 Å². The zero-order chi connectivity index (χ0) is 13.4. The van der Waals surface area contributed by atoms with Crippen molar-refractivity contribution >= 4 is 0 Å². The lowest BCUT2D eigenvalue weighted by Gasteiger charge is -2.24. The molecule has 0 aromatic carbocycles. The molecular weight excluding hydrogens is 230 g/mol. The molecule has 0 amide bonds. The van der Waals surface area contributed by atoms with Gasteiger partial charge in [0.1, 0.15) is 12.2 Å². The van der Waals surface area contributed by atoms with E-state index in [-0.39, 0.29) is 12.1 Å². The third kappa shape index (κ3) is 4.04. The molecule has 1 rings (SSSR count). The van der Waals surface area contributed by atoms with E-state index < -0.39 is 0 Å². The van der Waals surface area contributed by atoms with Crippen molar-refractivity contribution in [2.45, 2.75) is 58.2 Å². The van der Waals surface area contributed by atoms with Crippen molar-refractivity contribution < 1.29 is 4.74 Å². The monoisotopic (exact) mass is 255 g/mol. The van der Waals surface area contributed by atoms with Crippen molar-refractivity contribution in [2.24, 2.45) is 5.84 Å². The fourth-order valence-electron chi connectivity index (χ4n) is 2.11. The van der Waals surface area contributed by atoms with Gasteiger partial charge in [-0.2, -0.15) is 5.10 Å². The van der Waals surface area contributed by atoms with Gasteiger partial charge in [0.25, 0.3) is 0 Å². The number of hydrogen-bond acceptors (Lipinski definition) is 5. The normalized spacial score (nSPS) is 14.7. The van der Waals surface area contributed by atoms with Gasteiger partial charge in [-0.1, -0.05) is 20.3 Å². The highest BCUT2D eigenvalue weighted by Gasteiger charge is 2.21. The topological polar surface area (TPSA) is 78.0 Å². The highest BCUT2D eigenvalue weighted by molar-refractivity contribution is 4.92. The fraction of sp³-hybridized carbons (Fsp3) is 0.833. The third-order valence-corrected chi connectivity index (χ3v) is 3.07. The molecule has 0 saturated carbocycles. The molecule has 2 unspecified atom stereocenters. The standard InChI is InChI=1S/C12H25N5O/c1-4-6-11(18-3)10(16-13)8-12-14-9-15-17(12)7-5-2/h9-11,16H,4-8,13H2,1-3H3. The fourth-order valence-corrected chi connectivity index (χ4v) is 2.11. The molecule has 0 radical (unpaired) electrons. The third-order valence-electron chi connectivity index (χ3n) is 3.07. The molecule has 104 valence electrons. The molecule has 0 aliphatic heterocycles. The molecule has 0 saturated heterocycles. The maximum absolute atomic E-state index is 5.63. The number of nitrogens with zero attached hydrogens (tertiary/aromatic N) is 3. The van der Waals surface area contributed by atoms with E-state index in [9.17, 15) is 0 Å². The van der Waals surface area contributed by atoms with Crippen LogP contribution in [0, 0.1) is 0 Å². The summed E-state index contributed by atoms with van der Waals surface area (Å²) < 4.78 is 7.43. The van der Waals surface area contributed by atoms with E-state index in [1.165, 1.54) is 0 Å². The van der Waals surface area contributed by atoms with Gasteiger partial charge in [0, 0.05) is 20.1 Å². The highest BCUT2D eigenvalue weighted by atomic mass is 16.5. The van der Waals surface area contributed by atoms with Gasteiger partial charge >= 0.3 is 0 Å². The number of ether oxygens (including phenoxy) is 1. The van der Waals surface area contributed by atoms with E-state index in [2.05, 4.69) is 29.4 Å². The first kappa shape index (κ1) is 15.1. The lowest BCUT2D eigenvalue weighted by molar-refractivity contribution is 0.0599. The van der Waals surface area contributed by atoms with E-state index in [1.54, 1.807) is 13.4 Å². The molecule has 0 aliphatic carbocycles. The maximum atomic E-state index is 5.63. The number of nitrogens with two attached hydrogens (primary N) is 1. The Labute approximate surface area is 109 Å². The van der Waals surface area contributed by atoms with E-state index >= 15 is 0 Å². The SMILES string of the molecule is CCCC(OC)C(Cc1ncnn1CCC)NN. The molecule has 1 heterocycles. The van der Waals surface area contributed by atoms with Crippen LogP contribution in [0.1, 0.15) is 38.9 Å². The molecule has 0 bridgehead atoms. The second-order valence-electron chi connectivity index (χ2n) is 4.44. The van der Waals surface area contributed by atoms with Gasteiger partial charge in [0.05, 0.1) is 12.1 Å². The Kier molecular flexibility index (Phi) is 6.85. The summed E-state index contributed by atoms with van der Waals surface area (Å²) >= 11 is 0. The van der Waals surface area contributed by atoms with Crippen LogP contribution in [0.2, 0.25) is 0 Å². The van der Waals surface area contributed by atoms with Crippen molar-refractivity contribution in [3.05, 3.63) is 12.2 Å². The maximum Gasteiger partial charge on any atom is 0.138 e. The minimum atomic E-state index is 0.0646. The molecule has 3 N–H and O–H groups in total. The van der Waals surface area contributed by atoms with Crippen LogP contribution < -0.4 is 11.3 Å². The number of hydrazine groups is 1. The van der Waals surface area contributed by atoms with Crippen LogP contribution in [-0.2, 0) is 17.7 Å². The Bertz CT molecular complexity index is 328. The molecule has 18 heavy (non-hydrogen) atoms. The van der Waals surface area contributed by atoms with Gasteiger partial charge in [0.2, 0.25) is 0 Å². The number of methoxy groups -OCH3 is 1. The molecule has 0 spiro atoms. The summed E-state index contributed by atoms with van der Waals surface area (Å²) in [7, 11) is 1.72. The number of hydrogen-bond donors (Lipinski definition) is 2. The lowest BCUT2D eigenvalue weighted by Crippen LogP contribution is -2.46. The number of rotatable bonds is 9.